The van der Waals surface area contributed by atoms with Crippen LogP contribution in [0.5, 0.6) is 0 Å². The molecule has 0 radical (unpaired) electrons. The molecule has 0 spiro atoms. The lowest BCUT2D eigenvalue weighted by atomic mass is 9.91. The molecule has 2 aromatic heterocycles. The molecular weight excluding hydrogens is 445 g/mol. The van der Waals surface area contributed by atoms with Crippen LogP contribution in [0.1, 0.15) is 47.4 Å². The summed E-state index contributed by atoms with van der Waals surface area (Å²) in [6, 6.07) is 10.0. The van der Waals surface area contributed by atoms with Gasteiger partial charge in [0.15, 0.2) is 0 Å². The number of aryl methyl sites for hydroxylation is 1. The van der Waals surface area contributed by atoms with E-state index in [1.165, 1.54) is 13.0 Å². The lowest BCUT2D eigenvalue weighted by Gasteiger charge is -2.30. The third-order valence-electron chi connectivity index (χ3n) is 6.02. The van der Waals surface area contributed by atoms with Crippen LogP contribution in [0, 0.1) is 6.92 Å². The van der Waals surface area contributed by atoms with Gasteiger partial charge in [-0.1, -0.05) is 12.1 Å². The van der Waals surface area contributed by atoms with Gasteiger partial charge < -0.3 is 15.5 Å². The molecule has 34 heavy (non-hydrogen) atoms. The summed E-state index contributed by atoms with van der Waals surface area (Å²) in [5.74, 6) is 1.01. The Hall–Kier alpha value is -3.43. The first-order chi connectivity index (χ1) is 16.1. The van der Waals surface area contributed by atoms with Crippen LogP contribution in [0.25, 0.3) is 10.9 Å². The smallest absolute Gasteiger partial charge is 0.362 e. The number of alkyl halides is 3. The van der Waals surface area contributed by atoms with Gasteiger partial charge in [-0.25, -0.2) is 9.97 Å². The SMILES string of the molecule is Cc1nc(C(F)(F)F)ccc1C(=O)NC1CCC(Nc2nc(N(C)C)c3ccccc3n2)CC1. The highest BCUT2D eigenvalue weighted by molar-refractivity contribution is 5.95. The average molecular weight is 473 g/mol. The van der Waals surface area contributed by atoms with E-state index >= 15 is 0 Å². The zero-order valence-electron chi connectivity index (χ0n) is 19.3. The fourth-order valence-electron chi connectivity index (χ4n) is 4.25. The Balaban J connectivity index is 1.36. The van der Waals surface area contributed by atoms with E-state index < -0.39 is 17.8 Å². The summed E-state index contributed by atoms with van der Waals surface area (Å²) < 4.78 is 38.5. The largest absolute Gasteiger partial charge is 0.433 e. The number of benzene rings is 1. The third kappa shape index (κ3) is 5.21. The van der Waals surface area contributed by atoms with Crippen molar-refractivity contribution in [2.45, 2.75) is 50.9 Å². The predicted octanol–water partition coefficient (Wildman–Crippen LogP) is 4.57. The van der Waals surface area contributed by atoms with Gasteiger partial charge in [-0.05, 0) is 56.9 Å². The number of amides is 1. The number of rotatable bonds is 5. The zero-order valence-corrected chi connectivity index (χ0v) is 19.3. The monoisotopic (exact) mass is 472 g/mol. The van der Waals surface area contributed by atoms with Crippen molar-refractivity contribution >= 4 is 28.6 Å². The van der Waals surface area contributed by atoms with Crippen LogP contribution >= 0.6 is 0 Å². The van der Waals surface area contributed by atoms with Crippen molar-refractivity contribution in [3.63, 3.8) is 0 Å². The summed E-state index contributed by atoms with van der Waals surface area (Å²) in [6.45, 7) is 1.41. The molecule has 0 saturated heterocycles. The first kappa shape index (κ1) is 23.7. The number of carbonyl (C=O) groups excluding carboxylic acids is 1. The highest BCUT2D eigenvalue weighted by Gasteiger charge is 2.33. The molecule has 7 nitrogen and oxygen atoms in total. The molecule has 1 aliphatic rings. The fraction of sp³-hybridized carbons (Fsp3) is 0.417. The summed E-state index contributed by atoms with van der Waals surface area (Å²) >= 11 is 0. The van der Waals surface area contributed by atoms with Gasteiger partial charge in [-0.15, -0.1) is 0 Å². The Morgan fingerprint density at radius 1 is 0.971 bits per heavy atom. The minimum absolute atomic E-state index is 0.0536. The van der Waals surface area contributed by atoms with Gasteiger partial charge in [-0.3, -0.25) is 4.79 Å². The molecule has 1 saturated carbocycles. The van der Waals surface area contributed by atoms with Gasteiger partial charge in [-0.2, -0.15) is 18.2 Å². The summed E-state index contributed by atoms with van der Waals surface area (Å²) in [4.78, 5) is 27.5. The summed E-state index contributed by atoms with van der Waals surface area (Å²) in [5, 5.41) is 7.35. The van der Waals surface area contributed by atoms with Crippen molar-refractivity contribution in [1.82, 2.24) is 20.3 Å². The number of fused-ring (bicyclic) bond motifs is 1. The number of anilines is 2. The molecule has 10 heteroatoms. The first-order valence-corrected chi connectivity index (χ1v) is 11.2. The van der Waals surface area contributed by atoms with Crippen molar-refractivity contribution in [1.29, 1.82) is 0 Å². The molecule has 180 valence electrons. The third-order valence-corrected chi connectivity index (χ3v) is 6.02. The number of aromatic nitrogens is 3. The number of nitrogens with one attached hydrogen (secondary N) is 2. The summed E-state index contributed by atoms with van der Waals surface area (Å²) in [6.07, 6.45) is -1.44. The topological polar surface area (TPSA) is 83.0 Å². The quantitative estimate of drug-likeness (QED) is 0.566. The van der Waals surface area contributed by atoms with Gasteiger partial charge in [0.2, 0.25) is 5.95 Å². The molecule has 0 atom stereocenters. The number of halogens is 3. The van der Waals surface area contributed by atoms with E-state index in [9.17, 15) is 18.0 Å². The number of hydrogen-bond acceptors (Lipinski definition) is 6. The van der Waals surface area contributed by atoms with E-state index in [2.05, 4.69) is 25.6 Å². The first-order valence-electron chi connectivity index (χ1n) is 11.2. The molecule has 3 aromatic rings. The molecule has 0 aliphatic heterocycles. The highest BCUT2D eigenvalue weighted by Crippen LogP contribution is 2.29. The van der Waals surface area contributed by atoms with E-state index in [0.29, 0.717) is 5.95 Å². The van der Waals surface area contributed by atoms with Gasteiger partial charge >= 0.3 is 6.18 Å². The Morgan fingerprint density at radius 2 is 1.65 bits per heavy atom. The second-order valence-corrected chi connectivity index (χ2v) is 8.78. The second-order valence-electron chi connectivity index (χ2n) is 8.78. The average Bonchev–Trinajstić information content (AvgIpc) is 2.79. The van der Waals surface area contributed by atoms with E-state index in [-0.39, 0.29) is 23.3 Å². The molecule has 2 heterocycles. The van der Waals surface area contributed by atoms with Gasteiger partial charge in [0.25, 0.3) is 5.91 Å². The van der Waals surface area contributed by atoms with Crippen molar-refractivity contribution in [2.75, 3.05) is 24.3 Å². The molecular formula is C24H27F3N6O. The number of pyridine rings is 1. The molecule has 2 N–H and O–H groups in total. The Morgan fingerprint density at radius 3 is 2.29 bits per heavy atom. The van der Waals surface area contributed by atoms with Crippen LogP contribution in [0.15, 0.2) is 36.4 Å². The molecule has 1 amide bonds. The maximum Gasteiger partial charge on any atom is 0.433 e. The fourth-order valence-corrected chi connectivity index (χ4v) is 4.25. The van der Waals surface area contributed by atoms with Crippen LogP contribution in [-0.4, -0.2) is 47.0 Å². The summed E-state index contributed by atoms with van der Waals surface area (Å²) in [7, 11) is 3.89. The maximum absolute atomic E-state index is 12.8. The van der Waals surface area contributed by atoms with Crippen LogP contribution in [0.2, 0.25) is 0 Å². The zero-order chi connectivity index (χ0) is 24.5. The minimum Gasteiger partial charge on any atom is -0.362 e. The second kappa shape index (κ2) is 9.44. The standard InChI is InChI=1S/C24H27F3N6O/c1-14-17(12-13-20(28-14)24(25,26)27)22(34)29-15-8-10-16(11-9-15)30-23-31-19-7-5-4-6-18(19)21(32-23)33(2)3/h4-7,12-13,15-16H,8-11H2,1-3H3,(H,29,34)(H,30,31,32). The summed E-state index contributed by atoms with van der Waals surface area (Å²) in [5.41, 5.74) is 0.0912. The van der Waals surface area contributed by atoms with Crippen LogP contribution < -0.4 is 15.5 Å². The highest BCUT2D eigenvalue weighted by atomic mass is 19.4. The number of para-hydroxylation sites is 1. The Bertz CT molecular complexity index is 1190. The van der Waals surface area contributed by atoms with Gasteiger partial charge in [0.1, 0.15) is 11.5 Å². The van der Waals surface area contributed by atoms with Crippen LogP contribution in [-0.2, 0) is 6.18 Å². The lowest BCUT2D eigenvalue weighted by Crippen LogP contribution is -2.40. The molecule has 0 unspecified atom stereocenters. The van der Waals surface area contributed by atoms with Crippen LogP contribution in [0.3, 0.4) is 0 Å². The molecule has 1 aromatic carbocycles. The van der Waals surface area contributed by atoms with E-state index in [4.69, 9.17) is 0 Å². The number of carbonyl (C=O) groups is 1. The van der Waals surface area contributed by atoms with Crippen molar-refractivity contribution in [3.8, 4) is 0 Å². The lowest BCUT2D eigenvalue weighted by molar-refractivity contribution is -0.141. The van der Waals surface area contributed by atoms with Gasteiger partial charge in [0.05, 0.1) is 16.8 Å². The van der Waals surface area contributed by atoms with Gasteiger partial charge in [0, 0.05) is 31.6 Å². The van der Waals surface area contributed by atoms with Crippen molar-refractivity contribution < 1.29 is 18.0 Å². The van der Waals surface area contributed by atoms with Crippen molar-refractivity contribution in [3.05, 3.63) is 53.3 Å². The van der Waals surface area contributed by atoms with E-state index in [0.717, 1.165) is 48.5 Å². The maximum atomic E-state index is 12.8. The Kier molecular flexibility index (Phi) is 6.58. The van der Waals surface area contributed by atoms with E-state index in [1.807, 2.05) is 43.3 Å². The normalized spacial score (nSPS) is 18.5. The molecule has 0 bridgehead atoms. The number of nitrogens with zero attached hydrogens (tertiary/aromatic N) is 4. The predicted molar refractivity (Wildman–Crippen MR) is 125 cm³/mol. The molecule has 1 aliphatic carbocycles. The minimum atomic E-state index is -4.53. The van der Waals surface area contributed by atoms with Crippen molar-refractivity contribution in [2.24, 2.45) is 0 Å². The van der Waals surface area contributed by atoms with E-state index in [1.54, 1.807) is 0 Å². The Labute approximate surface area is 195 Å². The van der Waals surface area contributed by atoms with Crippen LogP contribution in [0.4, 0.5) is 24.9 Å². The molecule has 4 rings (SSSR count). The number of hydrogen-bond donors (Lipinski definition) is 2. The molecule has 1 fully saturated rings.